The van der Waals surface area contributed by atoms with Gasteiger partial charge in [0.2, 0.25) is 5.91 Å². The van der Waals surface area contributed by atoms with Crippen LogP contribution in [0.3, 0.4) is 0 Å². The van der Waals surface area contributed by atoms with Crippen molar-refractivity contribution in [1.29, 1.82) is 0 Å². The summed E-state index contributed by atoms with van der Waals surface area (Å²) in [6.45, 7) is 6.54. The zero-order chi connectivity index (χ0) is 20.1. The van der Waals surface area contributed by atoms with Crippen molar-refractivity contribution in [2.24, 2.45) is 5.92 Å². The highest BCUT2D eigenvalue weighted by Crippen LogP contribution is 2.27. The van der Waals surface area contributed by atoms with Crippen molar-refractivity contribution in [2.45, 2.75) is 64.9 Å². The van der Waals surface area contributed by atoms with Crippen molar-refractivity contribution in [1.82, 2.24) is 20.4 Å². The van der Waals surface area contributed by atoms with Crippen LogP contribution in [0, 0.1) is 12.8 Å². The lowest BCUT2D eigenvalue weighted by Gasteiger charge is -2.27. The van der Waals surface area contributed by atoms with E-state index in [0.29, 0.717) is 18.7 Å². The molecule has 0 aliphatic heterocycles. The molecule has 0 bridgehead atoms. The largest absolute Gasteiger partial charge is 0.381 e. The van der Waals surface area contributed by atoms with Crippen LogP contribution in [0.25, 0.3) is 11.3 Å². The Balaban J connectivity index is 1.67. The van der Waals surface area contributed by atoms with Crippen LogP contribution in [-0.2, 0) is 16.0 Å². The first-order valence-electron chi connectivity index (χ1n) is 10.1. The van der Waals surface area contributed by atoms with Crippen molar-refractivity contribution in [3.8, 4) is 11.3 Å². The number of hydrogen-bond acceptors (Lipinski definition) is 6. The molecular formula is C21H30N4O3. The summed E-state index contributed by atoms with van der Waals surface area (Å²) < 4.78 is 10.8. The molecule has 1 fully saturated rings. The number of hydrogen-bond donors (Lipinski definition) is 1. The number of methoxy groups -OCH3 is 1. The first-order valence-corrected chi connectivity index (χ1v) is 10.1. The molecule has 0 aromatic carbocycles. The average molecular weight is 386 g/mol. The molecule has 1 saturated carbocycles. The lowest BCUT2D eigenvalue weighted by atomic mass is 9.86. The molecule has 28 heavy (non-hydrogen) atoms. The van der Waals surface area contributed by atoms with Gasteiger partial charge in [-0.05, 0) is 26.2 Å². The number of carbonyl (C=O) groups excluding carboxylic acids is 1. The van der Waals surface area contributed by atoms with Crippen LogP contribution in [0.4, 0.5) is 0 Å². The van der Waals surface area contributed by atoms with Crippen LogP contribution in [0.5, 0.6) is 0 Å². The van der Waals surface area contributed by atoms with E-state index in [1.807, 2.05) is 13.0 Å². The van der Waals surface area contributed by atoms with Crippen molar-refractivity contribution >= 4 is 5.91 Å². The van der Waals surface area contributed by atoms with Gasteiger partial charge in [0.1, 0.15) is 5.82 Å². The third-order valence-electron chi connectivity index (χ3n) is 5.29. The van der Waals surface area contributed by atoms with Gasteiger partial charge in [0.15, 0.2) is 5.76 Å². The molecular weight excluding hydrogens is 356 g/mol. The van der Waals surface area contributed by atoms with Crippen molar-refractivity contribution < 1.29 is 14.1 Å². The Bertz CT molecular complexity index is 803. The number of carbonyl (C=O) groups is 1. The molecule has 152 valence electrons. The monoisotopic (exact) mass is 386 g/mol. The van der Waals surface area contributed by atoms with Crippen LogP contribution < -0.4 is 5.32 Å². The summed E-state index contributed by atoms with van der Waals surface area (Å²) in [6, 6.07) is 1.88. The van der Waals surface area contributed by atoms with Crippen LogP contribution in [0.1, 0.15) is 62.7 Å². The summed E-state index contributed by atoms with van der Waals surface area (Å²) in [7, 11) is 1.72. The summed E-state index contributed by atoms with van der Waals surface area (Å²) >= 11 is 0. The number of aromatic nitrogens is 3. The summed E-state index contributed by atoms with van der Waals surface area (Å²) in [5.41, 5.74) is 2.51. The molecule has 0 spiro atoms. The van der Waals surface area contributed by atoms with E-state index in [1.54, 1.807) is 13.3 Å². The maximum atomic E-state index is 12.6. The quantitative estimate of drug-likeness (QED) is 0.784. The van der Waals surface area contributed by atoms with E-state index in [9.17, 15) is 4.79 Å². The molecule has 1 aliphatic carbocycles. The zero-order valence-electron chi connectivity index (χ0n) is 17.2. The predicted octanol–water partition coefficient (Wildman–Crippen LogP) is 3.43. The van der Waals surface area contributed by atoms with E-state index in [0.717, 1.165) is 48.5 Å². The van der Waals surface area contributed by atoms with E-state index in [-0.39, 0.29) is 23.8 Å². The first kappa shape index (κ1) is 20.5. The van der Waals surface area contributed by atoms with Crippen LogP contribution >= 0.6 is 0 Å². The second-order valence-electron chi connectivity index (χ2n) is 7.84. The van der Waals surface area contributed by atoms with Crippen LogP contribution in [-0.4, -0.2) is 40.8 Å². The number of nitrogens with zero attached hydrogens (tertiary/aromatic N) is 3. The Kier molecular flexibility index (Phi) is 6.78. The molecule has 2 heterocycles. The Morgan fingerprint density at radius 1 is 1.39 bits per heavy atom. The fourth-order valence-electron chi connectivity index (χ4n) is 3.64. The lowest BCUT2D eigenvalue weighted by molar-refractivity contribution is -0.127. The SMILES string of the molecule is CO[C@@H]1CCC[C@H](C(=O)NCCc2nc(C(C)C)ncc2-c2cc(C)no2)C1. The maximum absolute atomic E-state index is 12.6. The molecule has 2 atom stereocenters. The predicted molar refractivity (Wildman–Crippen MR) is 106 cm³/mol. The Morgan fingerprint density at radius 3 is 2.89 bits per heavy atom. The fraction of sp³-hybridized carbons (Fsp3) is 0.619. The topological polar surface area (TPSA) is 90.1 Å². The number of ether oxygens (including phenoxy) is 1. The highest BCUT2D eigenvalue weighted by molar-refractivity contribution is 5.78. The molecule has 1 aliphatic rings. The minimum atomic E-state index is 0.0340. The number of nitrogens with one attached hydrogen (secondary N) is 1. The van der Waals surface area contributed by atoms with Crippen LogP contribution in [0.15, 0.2) is 16.8 Å². The second kappa shape index (κ2) is 9.28. The van der Waals surface area contributed by atoms with Gasteiger partial charge in [-0.25, -0.2) is 9.97 Å². The zero-order valence-corrected chi connectivity index (χ0v) is 17.2. The van der Waals surface area contributed by atoms with Gasteiger partial charge in [0.25, 0.3) is 0 Å². The molecule has 3 rings (SSSR count). The summed E-state index contributed by atoms with van der Waals surface area (Å²) in [6.07, 6.45) is 6.41. The first-order chi connectivity index (χ1) is 13.5. The van der Waals surface area contributed by atoms with E-state index < -0.39 is 0 Å². The van der Waals surface area contributed by atoms with E-state index in [2.05, 4.69) is 29.3 Å². The molecule has 2 aromatic rings. The van der Waals surface area contributed by atoms with E-state index >= 15 is 0 Å². The van der Waals surface area contributed by atoms with E-state index in [1.165, 1.54) is 0 Å². The molecule has 0 unspecified atom stereocenters. The smallest absolute Gasteiger partial charge is 0.223 e. The Labute approximate surface area is 166 Å². The van der Waals surface area contributed by atoms with Gasteiger partial charge in [-0.2, -0.15) is 0 Å². The highest BCUT2D eigenvalue weighted by Gasteiger charge is 2.27. The average Bonchev–Trinajstić information content (AvgIpc) is 3.13. The van der Waals surface area contributed by atoms with Gasteiger partial charge in [0, 0.05) is 44.2 Å². The molecule has 2 aromatic heterocycles. The van der Waals surface area contributed by atoms with Crippen LogP contribution in [0.2, 0.25) is 0 Å². The van der Waals surface area contributed by atoms with Gasteiger partial charge >= 0.3 is 0 Å². The summed E-state index contributed by atoms with van der Waals surface area (Å²) in [5.74, 6) is 1.82. The lowest BCUT2D eigenvalue weighted by Crippen LogP contribution is -2.36. The van der Waals surface area contributed by atoms with Gasteiger partial charge in [-0.1, -0.05) is 25.4 Å². The van der Waals surface area contributed by atoms with Gasteiger partial charge in [0.05, 0.1) is 23.1 Å². The number of aryl methyl sites for hydroxylation is 1. The molecule has 0 saturated heterocycles. The van der Waals surface area contributed by atoms with Crippen molar-refractivity contribution in [3.63, 3.8) is 0 Å². The highest BCUT2D eigenvalue weighted by atomic mass is 16.5. The van der Waals surface area contributed by atoms with Crippen molar-refractivity contribution in [3.05, 3.63) is 29.5 Å². The fourth-order valence-corrected chi connectivity index (χ4v) is 3.64. The van der Waals surface area contributed by atoms with Crippen molar-refractivity contribution in [2.75, 3.05) is 13.7 Å². The van der Waals surface area contributed by atoms with E-state index in [4.69, 9.17) is 14.2 Å². The molecule has 1 amide bonds. The normalized spacial score (nSPS) is 19.8. The summed E-state index contributed by atoms with van der Waals surface area (Å²) in [5, 5.41) is 7.04. The Hall–Kier alpha value is -2.28. The minimum Gasteiger partial charge on any atom is -0.381 e. The molecule has 1 N–H and O–H groups in total. The molecule has 0 radical (unpaired) electrons. The Morgan fingerprint density at radius 2 is 2.21 bits per heavy atom. The van der Waals surface area contributed by atoms with Gasteiger partial charge < -0.3 is 14.6 Å². The van der Waals surface area contributed by atoms with Gasteiger partial charge in [-0.3, -0.25) is 4.79 Å². The minimum absolute atomic E-state index is 0.0340. The molecule has 7 heteroatoms. The third kappa shape index (κ3) is 4.95. The van der Waals surface area contributed by atoms with Gasteiger partial charge in [-0.15, -0.1) is 0 Å². The maximum Gasteiger partial charge on any atom is 0.223 e. The number of rotatable bonds is 7. The molecule has 7 nitrogen and oxygen atoms in total. The second-order valence-corrected chi connectivity index (χ2v) is 7.84. The summed E-state index contributed by atoms with van der Waals surface area (Å²) in [4.78, 5) is 21.7. The standard InChI is InChI=1S/C21H30N4O3/c1-13(2)20-23-12-17(19-10-14(3)25-28-19)18(24-20)8-9-22-21(26)15-6-5-7-16(11-15)27-4/h10,12-13,15-16H,5-9,11H2,1-4H3,(H,22,26)/t15-,16+/m0/s1. The third-order valence-corrected chi connectivity index (χ3v) is 5.29. The number of amides is 1.